The van der Waals surface area contributed by atoms with Gasteiger partial charge in [0.25, 0.3) is 5.56 Å². The Hall–Kier alpha value is -4.07. The van der Waals surface area contributed by atoms with Gasteiger partial charge in [0.05, 0.1) is 12.8 Å². The summed E-state index contributed by atoms with van der Waals surface area (Å²) in [5.41, 5.74) is 3.11. The average molecular weight is 444 g/mol. The van der Waals surface area contributed by atoms with E-state index in [-0.39, 0.29) is 17.8 Å². The number of rotatable bonds is 5. The summed E-state index contributed by atoms with van der Waals surface area (Å²) in [7, 11) is 3.29. The van der Waals surface area contributed by atoms with E-state index in [1.165, 1.54) is 9.13 Å². The van der Waals surface area contributed by atoms with Crippen molar-refractivity contribution in [2.24, 2.45) is 7.05 Å². The SMILES string of the molecule is COc1ccc(C)cc1N1CCn2c1nc1c2c(=O)n(C/C=C/c2ccccc2)c(=O)n1C. The lowest BCUT2D eigenvalue weighted by Crippen LogP contribution is -2.39. The summed E-state index contributed by atoms with van der Waals surface area (Å²) in [4.78, 5) is 33.1. The molecule has 0 unspecified atom stereocenters. The van der Waals surface area contributed by atoms with Crippen molar-refractivity contribution in [2.45, 2.75) is 20.0 Å². The first-order chi connectivity index (χ1) is 16.0. The summed E-state index contributed by atoms with van der Waals surface area (Å²) in [6.07, 6.45) is 3.73. The van der Waals surface area contributed by atoms with Crippen LogP contribution in [0.15, 0.2) is 64.2 Å². The molecule has 8 nitrogen and oxygen atoms in total. The number of benzene rings is 2. The van der Waals surface area contributed by atoms with Gasteiger partial charge in [-0.25, -0.2) is 4.79 Å². The van der Waals surface area contributed by atoms with Gasteiger partial charge in [-0.3, -0.25) is 13.9 Å². The predicted octanol–water partition coefficient (Wildman–Crippen LogP) is 3.08. The first kappa shape index (κ1) is 20.8. The van der Waals surface area contributed by atoms with Crippen LogP contribution in [0.3, 0.4) is 0 Å². The highest BCUT2D eigenvalue weighted by molar-refractivity contribution is 5.79. The maximum atomic E-state index is 13.4. The van der Waals surface area contributed by atoms with Crippen LogP contribution < -0.4 is 20.9 Å². The van der Waals surface area contributed by atoms with Gasteiger partial charge in [-0.15, -0.1) is 0 Å². The molecule has 0 radical (unpaired) electrons. The van der Waals surface area contributed by atoms with E-state index < -0.39 is 0 Å². The molecular weight excluding hydrogens is 418 g/mol. The monoisotopic (exact) mass is 443 g/mol. The summed E-state index contributed by atoms with van der Waals surface area (Å²) in [5.74, 6) is 1.37. The number of nitrogens with zero attached hydrogens (tertiary/aromatic N) is 5. The number of imidazole rings is 1. The molecule has 1 aliphatic heterocycles. The van der Waals surface area contributed by atoms with Crippen molar-refractivity contribution in [3.63, 3.8) is 0 Å². The van der Waals surface area contributed by atoms with E-state index in [4.69, 9.17) is 9.72 Å². The Bertz CT molecular complexity index is 1490. The van der Waals surface area contributed by atoms with E-state index >= 15 is 0 Å². The van der Waals surface area contributed by atoms with Crippen LogP contribution in [-0.2, 0) is 20.1 Å². The normalized spacial score (nSPS) is 13.2. The fourth-order valence-electron chi connectivity index (χ4n) is 4.34. The van der Waals surface area contributed by atoms with E-state index in [9.17, 15) is 9.59 Å². The van der Waals surface area contributed by atoms with E-state index in [1.807, 2.05) is 77.1 Å². The van der Waals surface area contributed by atoms with Crippen molar-refractivity contribution in [1.29, 1.82) is 0 Å². The molecule has 0 spiro atoms. The van der Waals surface area contributed by atoms with Crippen LogP contribution in [0.4, 0.5) is 11.6 Å². The maximum Gasteiger partial charge on any atom is 0.332 e. The highest BCUT2D eigenvalue weighted by Gasteiger charge is 2.30. The number of ether oxygens (including phenoxy) is 1. The smallest absolute Gasteiger partial charge is 0.332 e. The Morgan fingerprint density at radius 1 is 1.09 bits per heavy atom. The van der Waals surface area contributed by atoms with E-state index in [2.05, 4.69) is 0 Å². The van der Waals surface area contributed by atoms with E-state index in [1.54, 1.807) is 14.2 Å². The molecule has 4 aromatic rings. The minimum absolute atomic E-state index is 0.187. The third kappa shape index (κ3) is 3.44. The lowest BCUT2D eigenvalue weighted by atomic mass is 10.2. The Kier molecular flexibility index (Phi) is 5.12. The molecule has 0 atom stereocenters. The van der Waals surface area contributed by atoms with Gasteiger partial charge in [-0.2, -0.15) is 4.98 Å². The lowest BCUT2D eigenvalue weighted by Gasteiger charge is -2.19. The Morgan fingerprint density at radius 3 is 2.64 bits per heavy atom. The second kappa shape index (κ2) is 8.12. The largest absolute Gasteiger partial charge is 0.495 e. The van der Waals surface area contributed by atoms with Gasteiger partial charge in [0.2, 0.25) is 5.95 Å². The highest BCUT2D eigenvalue weighted by Crippen LogP contribution is 2.37. The van der Waals surface area contributed by atoms with Crippen molar-refractivity contribution in [2.75, 3.05) is 18.6 Å². The number of fused-ring (bicyclic) bond motifs is 3. The molecule has 0 fully saturated rings. The Morgan fingerprint density at radius 2 is 1.88 bits per heavy atom. The number of allylic oxidation sites excluding steroid dienone is 1. The average Bonchev–Trinajstić information content (AvgIpc) is 3.40. The number of hydrogen-bond donors (Lipinski definition) is 0. The van der Waals surface area contributed by atoms with Crippen LogP contribution in [0, 0.1) is 6.92 Å². The van der Waals surface area contributed by atoms with Crippen LogP contribution in [0.25, 0.3) is 17.2 Å². The van der Waals surface area contributed by atoms with Crippen LogP contribution >= 0.6 is 0 Å². The number of aromatic nitrogens is 4. The summed E-state index contributed by atoms with van der Waals surface area (Å²) in [6, 6.07) is 15.7. The fourth-order valence-corrected chi connectivity index (χ4v) is 4.34. The third-order valence-electron chi connectivity index (χ3n) is 6.02. The molecule has 8 heteroatoms. The van der Waals surface area contributed by atoms with Crippen LogP contribution in [-0.4, -0.2) is 32.3 Å². The third-order valence-corrected chi connectivity index (χ3v) is 6.02. The molecule has 0 aliphatic carbocycles. The summed E-state index contributed by atoms with van der Waals surface area (Å²) < 4.78 is 10.2. The molecule has 0 amide bonds. The predicted molar refractivity (Wildman–Crippen MR) is 129 cm³/mol. The molecular formula is C25H25N5O3. The molecule has 0 saturated carbocycles. The lowest BCUT2D eigenvalue weighted by molar-refractivity contribution is 0.415. The van der Waals surface area contributed by atoms with Gasteiger partial charge in [-0.1, -0.05) is 48.6 Å². The highest BCUT2D eigenvalue weighted by atomic mass is 16.5. The molecule has 2 aromatic heterocycles. The van der Waals surface area contributed by atoms with Crippen molar-refractivity contribution in [3.8, 4) is 5.75 Å². The van der Waals surface area contributed by atoms with Gasteiger partial charge >= 0.3 is 5.69 Å². The number of anilines is 2. The van der Waals surface area contributed by atoms with Crippen molar-refractivity contribution in [3.05, 3.63) is 86.6 Å². The number of aryl methyl sites for hydroxylation is 2. The topological polar surface area (TPSA) is 74.3 Å². The molecule has 0 saturated heterocycles. The van der Waals surface area contributed by atoms with Gasteiger partial charge in [-0.05, 0) is 30.2 Å². The minimum Gasteiger partial charge on any atom is -0.495 e. The van der Waals surface area contributed by atoms with Crippen molar-refractivity contribution in [1.82, 2.24) is 18.7 Å². The molecule has 5 rings (SSSR count). The fraction of sp³-hybridized carbons (Fsp3) is 0.240. The van der Waals surface area contributed by atoms with Crippen LogP contribution in [0.5, 0.6) is 5.75 Å². The van der Waals surface area contributed by atoms with Crippen molar-refractivity contribution >= 4 is 28.9 Å². The zero-order valence-electron chi connectivity index (χ0n) is 18.9. The van der Waals surface area contributed by atoms with Gasteiger partial charge < -0.3 is 14.2 Å². The summed E-state index contributed by atoms with van der Waals surface area (Å²) in [5, 5.41) is 0. The second-order valence-electron chi connectivity index (χ2n) is 8.13. The first-order valence-electron chi connectivity index (χ1n) is 10.8. The van der Waals surface area contributed by atoms with Gasteiger partial charge in [0.1, 0.15) is 5.75 Å². The minimum atomic E-state index is -0.387. The molecule has 0 bridgehead atoms. The molecule has 33 heavy (non-hydrogen) atoms. The first-order valence-corrected chi connectivity index (χ1v) is 10.8. The quantitative estimate of drug-likeness (QED) is 0.474. The van der Waals surface area contributed by atoms with Gasteiger partial charge in [0, 0.05) is 26.7 Å². The maximum absolute atomic E-state index is 13.4. The Balaban J connectivity index is 1.60. The van der Waals surface area contributed by atoms with Crippen LogP contribution in [0.2, 0.25) is 0 Å². The molecule has 3 heterocycles. The number of methoxy groups -OCH3 is 1. The van der Waals surface area contributed by atoms with Crippen LogP contribution in [0.1, 0.15) is 11.1 Å². The van der Waals surface area contributed by atoms with E-state index in [0.29, 0.717) is 30.2 Å². The van der Waals surface area contributed by atoms with E-state index in [0.717, 1.165) is 22.6 Å². The zero-order valence-corrected chi connectivity index (χ0v) is 18.9. The number of hydrogen-bond acceptors (Lipinski definition) is 5. The standard InChI is InChI=1S/C25H25N5O3/c1-17-11-12-20(33-3)19(16-17)28-14-15-29-21-22(26-24(28)29)27(2)25(32)30(23(21)31)13-7-10-18-8-5-4-6-9-18/h4-12,16H,13-15H2,1-3H3/b10-7+. The zero-order chi connectivity index (χ0) is 23.1. The molecule has 0 N–H and O–H groups in total. The molecule has 1 aliphatic rings. The molecule has 2 aromatic carbocycles. The van der Waals surface area contributed by atoms with Gasteiger partial charge in [0.15, 0.2) is 11.2 Å². The molecule has 168 valence electrons. The van der Waals surface area contributed by atoms with Crippen molar-refractivity contribution < 1.29 is 4.74 Å². The summed E-state index contributed by atoms with van der Waals surface area (Å²) >= 11 is 0. The Labute approximate surface area is 190 Å². The second-order valence-corrected chi connectivity index (χ2v) is 8.13. The summed E-state index contributed by atoms with van der Waals surface area (Å²) in [6.45, 7) is 3.46.